The van der Waals surface area contributed by atoms with Crippen LogP contribution in [0, 0.1) is 0 Å². The first-order chi connectivity index (χ1) is 10.0. The van der Waals surface area contributed by atoms with Crippen LogP contribution in [0.5, 0.6) is 0 Å². The van der Waals surface area contributed by atoms with Crippen molar-refractivity contribution in [2.45, 2.75) is 64.0 Å². The average Bonchev–Trinajstić information content (AvgIpc) is 2.94. The summed E-state index contributed by atoms with van der Waals surface area (Å²) in [6.45, 7) is 2.76. The van der Waals surface area contributed by atoms with Crippen molar-refractivity contribution < 1.29 is 19.9 Å². The summed E-state index contributed by atoms with van der Waals surface area (Å²) < 4.78 is 0. The van der Waals surface area contributed by atoms with Gasteiger partial charge in [-0.15, -0.1) is 5.06 Å². The number of hydrogen-bond donors (Lipinski definition) is 3. The van der Waals surface area contributed by atoms with Gasteiger partial charge in [0.25, 0.3) is 5.91 Å². The first kappa shape index (κ1) is 17.9. The highest BCUT2D eigenvalue weighted by Gasteiger charge is 2.37. The van der Waals surface area contributed by atoms with Crippen LogP contribution in [0.4, 0.5) is 4.79 Å². The number of hydrogen-bond acceptors (Lipinski definition) is 5. The summed E-state index contributed by atoms with van der Waals surface area (Å²) in [6, 6.07) is -1.86. The number of carbonyl (C=O) groups excluding carboxylic acids is 2. The molecule has 7 nitrogen and oxygen atoms in total. The highest BCUT2D eigenvalue weighted by atomic mass is 16.5. The molecule has 0 saturated carbocycles. The van der Waals surface area contributed by atoms with Gasteiger partial charge < -0.3 is 10.8 Å². The molecule has 0 aromatic heterocycles. The molecule has 1 fully saturated rings. The third-order valence-electron chi connectivity index (χ3n) is 4.07. The van der Waals surface area contributed by atoms with Crippen molar-refractivity contribution in [3.8, 4) is 0 Å². The second-order valence-corrected chi connectivity index (χ2v) is 5.57. The van der Waals surface area contributed by atoms with Crippen molar-refractivity contribution in [3.63, 3.8) is 0 Å². The van der Waals surface area contributed by atoms with Gasteiger partial charge in [-0.3, -0.25) is 14.9 Å². The summed E-state index contributed by atoms with van der Waals surface area (Å²) in [6.07, 6.45) is 6.28. The molecule has 1 saturated heterocycles. The van der Waals surface area contributed by atoms with Crippen molar-refractivity contribution in [3.05, 3.63) is 0 Å². The fourth-order valence-corrected chi connectivity index (χ4v) is 2.91. The maximum atomic E-state index is 12.2. The molecule has 1 aliphatic heterocycles. The van der Waals surface area contributed by atoms with Gasteiger partial charge in [-0.2, -0.15) is 0 Å². The van der Waals surface area contributed by atoms with Gasteiger partial charge in [0.1, 0.15) is 0 Å². The number of aliphatic hydroxyl groups excluding tert-OH is 1. The fourth-order valence-electron chi connectivity index (χ4n) is 2.91. The quantitative estimate of drug-likeness (QED) is 0.353. The van der Waals surface area contributed by atoms with E-state index < -0.39 is 18.0 Å². The molecular formula is C14H27N3O4. The first-order valence-electron chi connectivity index (χ1n) is 7.71. The predicted octanol–water partition coefficient (Wildman–Crippen LogP) is 1.08. The molecule has 0 aromatic carbocycles. The normalized spacial score (nSPS) is 20.4. The highest BCUT2D eigenvalue weighted by molar-refractivity contribution is 5.94. The van der Waals surface area contributed by atoms with Crippen LogP contribution in [0.25, 0.3) is 0 Å². The topological polar surface area (TPSA) is 107 Å². The lowest BCUT2D eigenvalue weighted by Crippen LogP contribution is -2.52. The molecule has 1 aliphatic rings. The fraction of sp³-hybridized carbons (Fsp3) is 0.857. The number of rotatable bonds is 8. The zero-order valence-corrected chi connectivity index (χ0v) is 12.7. The number of likely N-dealkylation sites (tertiary alicyclic amines) is 1. The van der Waals surface area contributed by atoms with E-state index >= 15 is 0 Å². The summed E-state index contributed by atoms with van der Waals surface area (Å²) in [5.74, 6) is -0.695. The standard InChI is InChI=1S/C14H27N3O4/c1-2-3-4-5-8-12(13(19)17(21)14(15)20)16-9-6-7-11(16)10-18/h11-12,18,21H,2-10H2,1H3,(H2,15,20). The van der Waals surface area contributed by atoms with Gasteiger partial charge in [-0.05, 0) is 25.8 Å². The number of nitrogens with zero attached hydrogens (tertiary/aromatic N) is 2. The number of carbonyl (C=O) groups is 2. The van der Waals surface area contributed by atoms with Gasteiger partial charge in [-0.1, -0.05) is 32.6 Å². The van der Waals surface area contributed by atoms with E-state index in [0.717, 1.165) is 38.5 Å². The van der Waals surface area contributed by atoms with Crippen molar-refractivity contribution in [2.24, 2.45) is 5.73 Å². The van der Waals surface area contributed by atoms with Crippen LogP contribution in [-0.4, -0.2) is 57.5 Å². The zero-order chi connectivity index (χ0) is 15.8. The lowest BCUT2D eigenvalue weighted by Gasteiger charge is -2.32. The predicted molar refractivity (Wildman–Crippen MR) is 77.6 cm³/mol. The lowest BCUT2D eigenvalue weighted by molar-refractivity contribution is -0.159. The smallest absolute Gasteiger partial charge is 0.346 e. The number of hydroxylamine groups is 2. The maximum Gasteiger partial charge on any atom is 0.346 e. The molecule has 4 N–H and O–H groups in total. The van der Waals surface area contributed by atoms with Crippen LogP contribution in [0.2, 0.25) is 0 Å². The molecule has 0 spiro atoms. The van der Waals surface area contributed by atoms with Gasteiger partial charge in [0, 0.05) is 6.04 Å². The average molecular weight is 301 g/mol. The zero-order valence-electron chi connectivity index (χ0n) is 12.7. The highest BCUT2D eigenvalue weighted by Crippen LogP contribution is 2.24. The summed E-state index contributed by atoms with van der Waals surface area (Å²) >= 11 is 0. The van der Waals surface area contributed by atoms with E-state index in [1.165, 1.54) is 0 Å². The second-order valence-electron chi connectivity index (χ2n) is 5.57. The SMILES string of the molecule is CCCCCCC(C(=O)N(O)C(N)=O)N1CCCC1CO. The van der Waals surface area contributed by atoms with E-state index in [-0.39, 0.29) is 17.7 Å². The Kier molecular flexibility index (Phi) is 7.63. The Morgan fingerprint density at radius 1 is 1.38 bits per heavy atom. The monoisotopic (exact) mass is 301 g/mol. The third kappa shape index (κ3) is 4.94. The number of urea groups is 1. The van der Waals surface area contributed by atoms with Crippen LogP contribution in [0.15, 0.2) is 0 Å². The third-order valence-corrected chi connectivity index (χ3v) is 4.07. The lowest BCUT2D eigenvalue weighted by atomic mass is 10.0. The van der Waals surface area contributed by atoms with Gasteiger partial charge in [0.05, 0.1) is 12.6 Å². The molecular weight excluding hydrogens is 274 g/mol. The number of aliphatic hydroxyl groups is 1. The number of unbranched alkanes of at least 4 members (excludes halogenated alkanes) is 3. The van der Waals surface area contributed by atoms with Crippen LogP contribution < -0.4 is 5.73 Å². The van der Waals surface area contributed by atoms with Crippen LogP contribution in [0.1, 0.15) is 51.9 Å². The van der Waals surface area contributed by atoms with E-state index in [1.807, 2.05) is 4.90 Å². The molecule has 0 bridgehead atoms. The molecule has 0 aliphatic carbocycles. The van der Waals surface area contributed by atoms with E-state index in [9.17, 15) is 19.9 Å². The Hall–Kier alpha value is -1.18. The van der Waals surface area contributed by atoms with Gasteiger partial charge in [0.15, 0.2) is 0 Å². The Labute approximate surface area is 125 Å². The van der Waals surface area contributed by atoms with Gasteiger partial charge >= 0.3 is 6.03 Å². The van der Waals surface area contributed by atoms with Crippen LogP contribution in [-0.2, 0) is 4.79 Å². The molecule has 1 heterocycles. The first-order valence-corrected chi connectivity index (χ1v) is 7.71. The van der Waals surface area contributed by atoms with Crippen molar-refractivity contribution in [1.29, 1.82) is 0 Å². The summed E-state index contributed by atoms with van der Waals surface area (Å²) in [4.78, 5) is 25.1. The molecule has 21 heavy (non-hydrogen) atoms. The molecule has 2 unspecified atom stereocenters. The number of amides is 3. The van der Waals surface area contributed by atoms with Crippen molar-refractivity contribution in [2.75, 3.05) is 13.2 Å². The minimum absolute atomic E-state index is 0.00274. The van der Waals surface area contributed by atoms with Crippen molar-refractivity contribution >= 4 is 11.9 Å². The molecule has 2 atom stereocenters. The second kappa shape index (κ2) is 8.96. The molecule has 1 rings (SSSR count). The minimum atomic E-state index is -1.17. The number of imide groups is 1. The number of primary amides is 1. The molecule has 0 radical (unpaired) electrons. The minimum Gasteiger partial charge on any atom is -0.395 e. The Morgan fingerprint density at radius 2 is 2.10 bits per heavy atom. The van der Waals surface area contributed by atoms with Gasteiger partial charge in [0.2, 0.25) is 0 Å². The molecule has 122 valence electrons. The largest absolute Gasteiger partial charge is 0.395 e. The summed E-state index contributed by atoms with van der Waals surface area (Å²) in [5, 5.41) is 18.9. The maximum absolute atomic E-state index is 12.2. The summed E-state index contributed by atoms with van der Waals surface area (Å²) in [5.41, 5.74) is 4.97. The molecule has 0 aromatic rings. The Balaban J connectivity index is 2.73. The van der Waals surface area contributed by atoms with E-state index in [2.05, 4.69) is 6.92 Å². The van der Waals surface area contributed by atoms with Gasteiger partial charge in [-0.25, -0.2) is 4.79 Å². The Morgan fingerprint density at radius 3 is 2.67 bits per heavy atom. The summed E-state index contributed by atoms with van der Waals surface area (Å²) in [7, 11) is 0. The number of nitrogens with two attached hydrogens (primary N) is 1. The van der Waals surface area contributed by atoms with E-state index in [0.29, 0.717) is 13.0 Å². The van der Waals surface area contributed by atoms with Crippen molar-refractivity contribution in [1.82, 2.24) is 9.96 Å². The van der Waals surface area contributed by atoms with E-state index in [4.69, 9.17) is 5.73 Å². The van der Waals surface area contributed by atoms with E-state index in [1.54, 1.807) is 0 Å². The molecule has 7 heteroatoms. The Bertz CT molecular complexity index is 351. The van der Waals surface area contributed by atoms with Crippen LogP contribution >= 0.6 is 0 Å². The molecule has 3 amide bonds. The van der Waals surface area contributed by atoms with Crippen LogP contribution in [0.3, 0.4) is 0 Å².